The molecule has 1 amide bonds. The molecule has 1 aromatic rings. The van der Waals surface area contributed by atoms with Crippen molar-refractivity contribution in [2.75, 3.05) is 26.7 Å². The van der Waals surface area contributed by atoms with Crippen LogP contribution in [0.4, 0.5) is 0 Å². The molecule has 1 aromatic carbocycles. The molecule has 0 bridgehead atoms. The third kappa shape index (κ3) is 4.51. The van der Waals surface area contributed by atoms with Gasteiger partial charge in [-0.2, -0.15) is 0 Å². The Bertz CT molecular complexity index is 383. The number of benzene rings is 1. The Balaban J connectivity index is 0.00000180. The molecule has 106 valence electrons. The van der Waals surface area contributed by atoms with Gasteiger partial charge in [-0.25, -0.2) is 0 Å². The lowest BCUT2D eigenvalue weighted by molar-refractivity contribution is -0.130. The quantitative estimate of drug-likeness (QED) is 0.842. The summed E-state index contributed by atoms with van der Waals surface area (Å²) >= 11 is 0. The molecule has 2 rings (SSSR count). The Hall–Kier alpha value is -1.06. The molecule has 19 heavy (non-hydrogen) atoms. The number of hydrogen-bond donors (Lipinski definition) is 1. The van der Waals surface area contributed by atoms with Crippen molar-refractivity contribution in [1.29, 1.82) is 0 Å². The molecule has 1 heterocycles. The van der Waals surface area contributed by atoms with Crippen LogP contribution in [0.25, 0.3) is 0 Å². The molecule has 1 aliphatic rings. The van der Waals surface area contributed by atoms with Gasteiger partial charge in [0.05, 0.1) is 0 Å². The molecular weight excluding hydrogens is 260 g/mol. The smallest absolute Gasteiger partial charge is 0.222 e. The van der Waals surface area contributed by atoms with Crippen molar-refractivity contribution in [3.8, 4) is 0 Å². The molecule has 0 spiro atoms. The largest absolute Gasteiger partial charge is 0.342 e. The number of hydrogen-bond acceptors (Lipinski definition) is 2. The van der Waals surface area contributed by atoms with Crippen molar-refractivity contribution in [3.63, 3.8) is 0 Å². The lowest BCUT2D eigenvalue weighted by atomic mass is 9.99. The molecule has 1 fully saturated rings. The highest BCUT2D eigenvalue weighted by Gasteiger charge is 2.26. The summed E-state index contributed by atoms with van der Waals surface area (Å²) < 4.78 is 0. The van der Waals surface area contributed by atoms with E-state index in [0.717, 1.165) is 32.5 Å². The standard InChI is InChI=1S/C15H22N2O.ClH/c1-16-10-5-8-15(18)17-11-9-14(12-17)13-6-3-2-4-7-13;/h2-4,6-7,14,16H,5,8-12H2,1H3;1H. The second-order valence-electron chi connectivity index (χ2n) is 4.94. The first-order valence-corrected chi connectivity index (χ1v) is 6.78. The molecule has 0 saturated carbocycles. The molecule has 1 saturated heterocycles. The first-order chi connectivity index (χ1) is 8.81. The van der Waals surface area contributed by atoms with E-state index in [0.29, 0.717) is 18.2 Å². The predicted octanol–water partition coefficient (Wildman–Crippen LogP) is 2.42. The van der Waals surface area contributed by atoms with Gasteiger partial charge in [-0.3, -0.25) is 4.79 Å². The van der Waals surface area contributed by atoms with Gasteiger partial charge in [0.15, 0.2) is 0 Å². The van der Waals surface area contributed by atoms with Crippen molar-refractivity contribution < 1.29 is 4.79 Å². The number of halogens is 1. The highest BCUT2D eigenvalue weighted by Crippen LogP contribution is 2.27. The predicted molar refractivity (Wildman–Crippen MR) is 80.8 cm³/mol. The fraction of sp³-hybridized carbons (Fsp3) is 0.533. The zero-order valence-electron chi connectivity index (χ0n) is 11.5. The average molecular weight is 283 g/mol. The highest BCUT2D eigenvalue weighted by molar-refractivity contribution is 5.85. The van der Waals surface area contributed by atoms with Crippen LogP contribution in [-0.4, -0.2) is 37.5 Å². The summed E-state index contributed by atoms with van der Waals surface area (Å²) in [5, 5.41) is 3.08. The normalized spacial score (nSPS) is 18.2. The number of rotatable bonds is 5. The molecular formula is C15H23ClN2O. The van der Waals surface area contributed by atoms with Crippen molar-refractivity contribution >= 4 is 18.3 Å². The van der Waals surface area contributed by atoms with E-state index < -0.39 is 0 Å². The molecule has 1 unspecified atom stereocenters. The first-order valence-electron chi connectivity index (χ1n) is 6.78. The lowest BCUT2D eigenvalue weighted by Gasteiger charge is -2.16. The van der Waals surface area contributed by atoms with Crippen molar-refractivity contribution in [3.05, 3.63) is 35.9 Å². The number of nitrogens with zero attached hydrogens (tertiary/aromatic N) is 1. The molecule has 0 radical (unpaired) electrons. The average Bonchev–Trinajstić information content (AvgIpc) is 2.89. The Morgan fingerprint density at radius 1 is 1.37 bits per heavy atom. The first kappa shape index (κ1) is 16.0. The third-order valence-corrected chi connectivity index (χ3v) is 3.63. The summed E-state index contributed by atoms with van der Waals surface area (Å²) in [6.45, 7) is 2.72. The Morgan fingerprint density at radius 2 is 2.11 bits per heavy atom. The second kappa shape index (κ2) is 8.18. The van der Waals surface area contributed by atoms with E-state index in [-0.39, 0.29) is 12.4 Å². The maximum absolute atomic E-state index is 12.0. The third-order valence-electron chi connectivity index (χ3n) is 3.63. The number of carbonyl (C=O) groups excluding carboxylic acids is 1. The Labute approximate surface area is 121 Å². The number of carbonyl (C=O) groups is 1. The van der Waals surface area contributed by atoms with Gasteiger partial charge in [0.25, 0.3) is 0 Å². The summed E-state index contributed by atoms with van der Waals surface area (Å²) in [6.07, 6.45) is 2.70. The maximum Gasteiger partial charge on any atom is 0.222 e. The van der Waals surface area contributed by atoms with Gasteiger partial charge in [-0.1, -0.05) is 30.3 Å². The van der Waals surface area contributed by atoms with Crippen LogP contribution >= 0.6 is 12.4 Å². The molecule has 1 aliphatic heterocycles. The topological polar surface area (TPSA) is 32.3 Å². The minimum Gasteiger partial charge on any atom is -0.342 e. The fourth-order valence-corrected chi connectivity index (χ4v) is 2.56. The van der Waals surface area contributed by atoms with E-state index in [2.05, 4.69) is 29.6 Å². The maximum atomic E-state index is 12.0. The minimum absolute atomic E-state index is 0. The van der Waals surface area contributed by atoms with Gasteiger partial charge >= 0.3 is 0 Å². The summed E-state index contributed by atoms with van der Waals surface area (Å²) in [6, 6.07) is 10.5. The van der Waals surface area contributed by atoms with Crippen LogP contribution in [0.3, 0.4) is 0 Å². The van der Waals surface area contributed by atoms with Crippen LogP contribution in [0.1, 0.15) is 30.7 Å². The molecule has 1 atom stereocenters. The number of nitrogens with one attached hydrogen (secondary N) is 1. The van der Waals surface area contributed by atoms with Crippen LogP contribution in [0, 0.1) is 0 Å². The van der Waals surface area contributed by atoms with Gasteiger partial charge in [-0.15, -0.1) is 12.4 Å². The summed E-state index contributed by atoms with van der Waals surface area (Å²) in [5.41, 5.74) is 1.36. The van der Waals surface area contributed by atoms with E-state index in [1.807, 2.05) is 18.0 Å². The van der Waals surface area contributed by atoms with Crippen LogP contribution in [0.15, 0.2) is 30.3 Å². The summed E-state index contributed by atoms with van der Waals surface area (Å²) in [7, 11) is 1.92. The van der Waals surface area contributed by atoms with Crippen LogP contribution < -0.4 is 5.32 Å². The zero-order valence-corrected chi connectivity index (χ0v) is 12.3. The summed E-state index contributed by atoms with van der Waals surface area (Å²) in [5.74, 6) is 0.836. The number of likely N-dealkylation sites (tertiary alicyclic amines) is 1. The SMILES string of the molecule is CNCCCC(=O)N1CCC(c2ccccc2)C1.Cl. The van der Waals surface area contributed by atoms with Crippen LogP contribution in [0.2, 0.25) is 0 Å². The minimum atomic E-state index is 0. The molecule has 1 N–H and O–H groups in total. The number of amides is 1. The highest BCUT2D eigenvalue weighted by atomic mass is 35.5. The van der Waals surface area contributed by atoms with Crippen molar-refractivity contribution in [1.82, 2.24) is 10.2 Å². The van der Waals surface area contributed by atoms with E-state index in [1.54, 1.807) is 0 Å². The van der Waals surface area contributed by atoms with Gasteiger partial charge in [0.1, 0.15) is 0 Å². The molecule has 0 aliphatic carbocycles. The van der Waals surface area contributed by atoms with Crippen LogP contribution in [-0.2, 0) is 4.79 Å². The van der Waals surface area contributed by atoms with E-state index in [1.165, 1.54) is 5.56 Å². The van der Waals surface area contributed by atoms with Crippen LogP contribution in [0.5, 0.6) is 0 Å². The van der Waals surface area contributed by atoms with Gasteiger partial charge in [0, 0.05) is 25.4 Å². The monoisotopic (exact) mass is 282 g/mol. The zero-order chi connectivity index (χ0) is 12.8. The fourth-order valence-electron chi connectivity index (χ4n) is 2.56. The van der Waals surface area contributed by atoms with Crippen molar-refractivity contribution in [2.45, 2.75) is 25.2 Å². The van der Waals surface area contributed by atoms with Gasteiger partial charge in [-0.05, 0) is 32.0 Å². The lowest BCUT2D eigenvalue weighted by Crippen LogP contribution is -2.28. The Morgan fingerprint density at radius 3 is 2.79 bits per heavy atom. The summed E-state index contributed by atoms with van der Waals surface area (Å²) in [4.78, 5) is 14.0. The van der Waals surface area contributed by atoms with E-state index >= 15 is 0 Å². The Kier molecular flexibility index (Phi) is 6.89. The molecule has 0 aromatic heterocycles. The van der Waals surface area contributed by atoms with E-state index in [4.69, 9.17) is 0 Å². The second-order valence-corrected chi connectivity index (χ2v) is 4.94. The van der Waals surface area contributed by atoms with E-state index in [9.17, 15) is 4.79 Å². The van der Waals surface area contributed by atoms with Gasteiger partial charge in [0.2, 0.25) is 5.91 Å². The van der Waals surface area contributed by atoms with Crippen molar-refractivity contribution in [2.24, 2.45) is 0 Å². The molecule has 4 heteroatoms. The van der Waals surface area contributed by atoms with Gasteiger partial charge < -0.3 is 10.2 Å². The molecule has 3 nitrogen and oxygen atoms in total.